The zero-order chi connectivity index (χ0) is 15.6. The Balaban J connectivity index is 2.20. The smallest absolute Gasteiger partial charge is 0.348 e. The van der Waals surface area contributed by atoms with E-state index in [1.165, 1.54) is 13.0 Å². The molecule has 1 N–H and O–H groups in total. The summed E-state index contributed by atoms with van der Waals surface area (Å²) < 4.78 is 36.7. The second kappa shape index (κ2) is 5.89. The van der Waals surface area contributed by atoms with Gasteiger partial charge in [0.25, 0.3) is 5.91 Å². The molecule has 2 rings (SSSR count). The van der Waals surface area contributed by atoms with Crippen LogP contribution in [0.4, 0.5) is 13.2 Å². The zero-order valence-electron chi connectivity index (χ0n) is 11.0. The van der Waals surface area contributed by atoms with Crippen LogP contribution in [-0.4, -0.2) is 23.1 Å². The number of alkyl halides is 3. The average molecular weight is 317 g/mol. The van der Waals surface area contributed by atoms with Crippen LogP contribution >= 0.6 is 11.6 Å². The number of hydrogen-bond acceptors (Lipinski definition) is 2. The molecule has 3 nitrogen and oxygen atoms in total. The van der Waals surface area contributed by atoms with Crippen molar-refractivity contribution in [2.75, 3.05) is 0 Å². The molecule has 112 valence electrons. The Hall–Kier alpha value is -1.82. The van der Waals surface area contributed by atoms with Gasteiger partial charge in [0.15, 0.2) is 0 Å². The van der Waals surface area contributed by atoms with Crippen molar-refractivity contribution in [3.63, 3.8) is 0 Å². The van der Waals surface area contributed by atoms with Gasteiger partial charge in [-0.1, -0.05) is 29.8 Å². The quantitative estimate of drug-likeness (QED) is 0.931. The number of aromatic nitrogens is 1. The van der Waals surface area contributed by atoms with E-state index in [9.17, 15) is 18.0 Å². The molecule has 0 bridgehead atoms. The molecule has 1 aromatic carbocycles. The Kier molecular flexibility index (Phi) is 4.37. The number of nitrogens with zero attached hydrogens (tertiary/aromatic N) is 1. The summed E-state index contributed by atoms with van der Waals surface area (Å²) >= 11 is 6.05. The summed E-state index contributed by atoms with van der Waals surface area (Å²) in [6.07, 6.45) is -5.43. The summed E-state index contributed by atoms with van der Waals surface area (Å²) in [7, 11) is 0. The Bertz CT molecular complexity index is 673. The summed E-state index contributed by atoms with van der Waals surface area (Å²) in [5.74, 6) is -0.681. The van der Waals surface area contributed by atoms with Crippen LogP contribution in [-0.2, 0) is 0 Å². The van der Waals surface area contributed by atoms with Gasteiger partial charge in [0.2, 0.25) is 0 Å². The lowest BCUT2D eigenvalue weighted by atomic mass is 10.2. The average Bonchev–Trinajstić information content (AvgIpc) is 2.36. The maximum Gasteiger partial charge on any atom is 0.391 e. The van der Waals surface area contributed by atoms with Crippen LogP contribution in [0.3, 0.4) is 0 Å². The molecule has 0 saturated heterocycles. The Labute approximate surface area is 124 Å². The molecule has 0 fully saturated rings. The molecular formula is C14H12ClF3N2O. The van der Waals surface area contributed by atoms with Crippen molar-refractivity contribution in [2.45, 2.75) is 25.6 Å². The minimum absolute atomic E-state index is 0.00674. The highest BCUT2D eigenvalue weighted by Gasteiger charge is 2.30. The van der Waals surface area contributed by atoms with Crippen molar-refractivity contribution in [3.05, 3.63) is 41.0 Å². The topological polar surface area (TPSA) is 42.0 Å². The number of benzene rings is 1. The highest BCUT2D eigenvalue weighted by Crippen LogP contribution is 2.24. The van der Waals surface area contributed by atoms with Gasteiger partial charge in [0.1, 0.15) is 5.69 Å². The SMILES string of the molecule is CC(CC(F)(F)F)NC(=O)c1cc(Cl)c2ccccc2n1. The van der Waals surface area contributed by atoms with Gasteiger partial charge in [0, 0.05) is 11.4 Å². The lowest BCUT2D eigenvalue weighted by Crippen LogP contribution is -2.36. The molecule has 7 heteroatoms. The largest absolute Gasteiger partial charge is 0.391 e. The van der Waals surface area contributed by atoms with Gasteiger partial charge in [-0.3, -0.25) is 4.79 Å². The first-order valence-corrected chi connectivity index (χ1v) is 6.57. The van der Waals surface area contributed by atoms with Crippen LogP contribution in [0.1, 0.15) is 23.8 Å². The fraction of sp³-hybridized carbons (Fsp3) is 0.286. The maximum atomic E-state index is 12.2. The van der Waals surface area contributed by atoms with Crippen LogP contribution in [0.25, 0.3) is 10.9 Å². The summed E-state index contributed by atoms with van der Waals surface area (Å²) in [5.41, 5.74) is 0.506. The molecule has 2 aromatic rings. The van der Waals surface area contributed by atoms with Gasteiger partial charge in [-0.15, -0.1) is 0 Å². The van der Waals surface area contributed by atoms with Crippen molar-refractivity contribution in [1.82, 2.24) is 10.3 Å². The molecule has 0 spiro atoms. The molecule has 1 aromatic heterocycles. The number of rotatable bonds is 3. The standard InChI is InChI=1S/C14H12ClF3N2O/c1-8(7-14(16,17)18)19-13(21)12-6-10(15)9-4-2-3-5-11(9)20-12/h2-6,8H,7H2,1H3,(H,19,21). The van der Waals surface area contributed by atoms with E-state index in [0.29, 0.717) is 15.9 Å². The van der Waals surface area contributed by atoms with E-state index in [1.807, 2.05) is 0 Å². The number of hydrogen-bond donors (Lipinski definition) is 1. The van der Waals surface area contributed by atoms with Gasteiger partial charge < -0.3 is 5.32 Å². The number of fused-ring (bicyclic) bond motifs is 1. The zero-order valence-corrected chi connectivity index (χ0v) is 11.8. The molecule has 0 saturated carbocycles. The lowest BCUT2D eigenvalue weighted by Gasteiger charge is -2.15. The predicted molar refractivity (Wildman–Crippen MR) is 74.4 cm³/mol. The minimum atomic E-state index is -4.33. The third-order valence-electron chi connectivity index (χ3n) is 2.81. The number of nitrogens with one attached hydrogen (secondary N) is 1. The van der Waals surface area contributed by atoms with E-state index < -0.39 is 24.5 Å². The third-order valence-corrected chi connectivity index (χ3v) is 3.13. The van der Waals surface area contributed by atoms with Gasteiger partial charge in [0.05, 0.1) is 17.0 Å². The number of para-hydroxylation sites is 1. The molecule has 0 aliphatic carbocycles. The fourth-order valence-electron chi connectivity index (χ4n) is 1.95. The predicted octanol–water partition coefficient (Wildman–Crippen LogP) is 3.96. The molecule has 1 amide bonds. The van der Waals surface area contributed by atoms with E-state index in [4.69, 9.17) is 11.6 Å². The van der Waals surface area contributed by atoms with E-state index >= 15 is 0 Å². The van der Waals surface area contributed by atoms with Crippen molar-refractivity contribution >= 4 is 28.4 Å². The highest BCUT2D eigenvalue weighted by molar-refractivity contribution is 6.35. The Morgan fingerprint density at radius 2 is 2.05 bits per heavy atom. The molecule has 1 heterocycles. The molecule has 0 aliphatic heterocycles. The number of carbonyl (C=O) groups is 1. The van der Waals surface area contributed by atoms with Crippen molar-refractivity contribution in [2.24, 2.45) is 0 Å². The number of pyridine rings is 1. The van der Waals surface area contributed by atoms with Crippen LogP contribution in [0.15, 0.2) is 30.3 Å². The first-order chi connectivity index (χ1) is 9.76. The normalized spacial score (nSPS) is 13.2. The van der Waals surface area contributed by atoms with Gasteiger partial charge in [-0.25, -0.2) is 4.98 Å². The maximum absolute atomic E-state index is 12.2. The van der Waals surface area contributed by atoms with E-state index in [-0.39, 0.29) is 5.69 Å². The van der Waals surface area contributed by atoms with Gasteiger partial charge in [-0.2, -0.15) is 13.2 Å². The summed E-state index contributed by atoms with van der Waals surface area (Å²) in [4.78, 5) is 16.0. The third kappa shape index (κ3) is 4.07. The summed E-state index contributed by atoms with van der Waals surface area (Å²) in [6.45, 7) is 1.29. The first kappa shape index (κ1) is 15.6. The van der Waals surface area contributed by atoms with Crippen LogP contribution in [0.2, 0.25) is 5.02 Å². The minimum Gasteiger partial charge on any atom is -0.348 e. The van der Waals surface area contributed by atoms with Crippen molar-refractivity contribution < 1.29 is 18.0 Å². The Morgan fingerprint density at radius 3 is 2.71 bits per heavy atom. The van der Waals surface area contributed by atoms with E-state index in [1.54, 1.807) is 24.3 Å². The second-order valence-corrected chi connectivity index (χ2v) is 5.11. The fourth-order valence-corrected chi connectivity index (χ4v) is 2.21. The van der Waals surface area contributed by atoms with Crippen LogP contribution < -0.4 is 5.32 Å². The monoisotopic (exact) mass is 316 g/mol. The molecule has 0 radical (unpaired) electrons. The number of amides is 1. The first-order valence-electron chi connectivity index (χ1n) is 6.19. The summed E-state index contributed by atoms with van der Waals surface area (Å²) in [6, 6.07) is 7.25. The molecule has 0 aliphatic rings. The van der Waals surface area contributed by atoms with Crippen LogP contribution in [0, 0.1) is 0 Å². The second-order valence-electron chi connectivity index (χ2n) is 4.70. The van der Waals surface area contributed by atoms with Gasteiger partial charge >= 0.3 is 6.18 Å². The molecular weight excluding hydrogens is 305 g/mol. The highest BCUT2D eigenvalue weighted by atomic mass is 35.5. The van der Waals surface area contributed by atoms with Crippen molar-refractivity contribution in [3.8, 4) is 0 Å². The van der Waals surface area contributed by atoms with E-state index in [2.05, 4.69) is 10.3 Å². The molecule has 21 heavy (non-hydrogen) atoms. The van der Waals surface area contributed by atoms with Gasteiger partial charge in [-0.05, 0) is 19.1 Å². The Morgan fingerprint density at radius 1 is 1.38 bits per heavy atom. The molecule has 1 unspecified atom stereocenters. The van der Waals surface area contributed by atoms with Crippen molar-refractivity contribution in [1.29, 1.82) is 0 Å². The molecule has 1 atom stereocenters. The summed E-state index contributed by atoms with van der Waals surface area (Å²) in [5, 5.41) is 3.27. The van der Waals surface area contributed by atoms with E-state index in [0.717, 1.165) is 0 Å². The number of halogens is 4. The lowest BCUT2D eigenvalue weighted by molar-refractivity contribution is -0.138. The number of carbonyl (C=O) groups excluding carboxylic acids is 1. The van der Waals surface area contributed by atoms with Crippen LogP contribution in [0.5, 0.6) is 0 Å².